The quantitative estimate of drug-likeness (QED) is 0.755. The predicted octanol–water partition coefficient (Wildman–Crippen LogP) is 1.23. The molecule has 0 aromatic heterocycles. The molecule has 0 amide bonds. The molecule has 1 saturated carbocycles. The summed E-state index contributed by atoms with van der Waals surface area (Å²) >= 11 is 0. The molecule has 0 unspecified atom stereocenters. The fourth-order valence-corrected chi connectivity index (χ4v) is 2.90. The van der Waals surface area contributed by atoms with Gasteiger partial charge in [0.25, 0.3) is 0 Å². The van der Waals surface area contributed by atoms with E-state index < -0.39 is 16.8 Å². The van der Waals surface area contributed by atoms with Gasteiger partial charge in [0.15, 0.2) is 5.79 Å². The molecule has 5 nitrogen and oxygen atoms in total. The van der Waals surface area contributed by atoms with Crippen LogP contribution in [0.4, 0.5) is 0 Å². The maximum Gasteiger partial charge on any atom is 0.314 e. The van der Waals surface area contributed by atoms with Crippen LogP contribution in [0.1, 0.15) is 39.5 Å². The second kappa shape index (κ2) is 4.47. The summed E-state index contributed by atoms with van der Waals surface area (Å²) in [6, 6.07) is 0. The van der Waals surface area contributed by atoms with Gasteiger partial charge in [-0.05, 0) is 26.7 Å². The molecule has 1 aliphatic heterocycles. The molecule has 1 N–H and O–H groups in total. The summed E-state index contributed by atoms with van der Waals surface area (Å²) in [7, 11) is 1.35. The molecular weight excluding hydrogens is 236 g/mol. The molecule has 0 atom stereocenters. The van der Waals surface area contributed by atoms with Crippen molar-refractivity contribution in [3.8, 4) is 0 Å². The van der Waals surface area contributed by atoms with Crippen LogP contribution in [0, 0.1) is 5.41 Å². The van der Waals surface area contributed by atoms with E-state index in [1.165, 1.54) is 7.11 Å². The van der Waals surface area contributed by atoms with Gasteiger partial charge < -0.3 is 19.3 Å². The minimum Gasteiger partial charge on any atom is -0.469 e. The summed E-state index contributed by atoms with van der Waals surface area (Å²) in [6.45, 7) is 4.68. The van der Waals surface area contributed by atoms with Gasteiger partial charge in [-0.3, -0.25) is 4.79 Å². The van der Waals surface area contributed by atoms with Gasteiger partial charge in [0.05, 0.1) is 31.3 Å². The summed E-state index contributed by atoms with van der Waals surface area (Å²) in [5.41, 5.74) is -1.97. The zero-order valence-corrected chi connectivity index (χ0v) is 11.3. The Kier molecular flexibility index (Phi) is 3.42. The highest BCUT2D eigenvalue weighted by Gasteiger charge is 2.55. The van der Waals surface area contributed by atoms with Crippen molar-refractivity contribution in [3.63, 3.8) is 0 Å². The molecule has 1 saturated heterocycles. The van der Waals surface area contributed by atoms with Crippen LogP contribution in [-0.2, 0) is 19.0 Å². The summed E-state index contributed by atoms with van der Waals surface area (Å²) in [4.78, 5) is 11.8. The van der Waals surface area contributed by atoms with Crippen molar-refractivity contribution in [3.05, 3.63) is 0 Å². The molecule has 5 heteroatoms. The Balaban J connectivity index is 2.08. The van der Waals surface area contributed by atoms with Crippen LogP contribution in [-0.4, -0.2) is 42.8 Å². The smallest absolute Gasteiger partial charge is 0.314 e. The Morgan fingerprint density at radius 3 is 2.11 bits per heavy atom. The largest absolute Gasteiger partial charge is 0.469 e. The maximum absolute atomic E-state index is 11.8. The van der Waals surface area contributed by atoms with E-state index in [-0.39, 0.29) is 5.97 Å². The maximum atomic E-state index is 11.8. The second-order valence-electron chi connectivity index (χ2n) is 5.76. The standard InChI is InChI=1S/C13H22O5/c1-11(2,10(14)16-3)12(15)4-6-13(7-5-12)17-8-9-18-13/h15H,4-9H2,1-3H3. The lowest BCUT2D eigenvalue weighted by molar-refractivity contribution is -0.223. The van der Waals surface area contributed by atoms with Crippen LogP contribution in [0.2, 0.25) is 0 Å². The fourth-order valence-electron chi connectivity index (χ4n) is 2.90. The average Bonchev–Trinajstić information content (AvgIpc) is 2.81. The van der Waals surface area contributed by atoms with Gasteiger partial charge in [0, 0.05) is 12.8 Å². The van der Waals surface area contributed by atoms with E-state index in [2.05, 4.69) is 0 Å². The van der Waals surface area contributed by atoms with E-state index in [0.717, 1.165) is 0 Å². The summed E-state index contributed by atoms with van der Waals surface area (Å²) in [5.74, 6) is -0.910. The molecular formula is C13H22O5. The number of hydrogen-bond acceptors (Lipinski definition) is 5. The Bertz CT molecular complexity index is 320. The Hall–Kier alpha value is -0.650. The number of methoxy groups -OCH3 is 1. The van der Waals surface area contributed by atoms with Crippen LogP contribution in [0.25, 0.3) is 0 Å². The number of rotatable bonds is 2. The minimum atomic E-state index is -1.05. The minimum absolute atomic E-state index is 0.380. The molecule has 2 rings (SSSR count). The first-order valence-corrected chi connectivity index (χ1v) is 6.44. The number of hydrogen-bond donors (Lipinski definition) is 1. The molecule has 18 heavy (non-hydrogen) atoms. The number of ether oxygens (including phenoxy) is 3. The van der Waals surface area contributed by atoms with Crippen molar-refractivity contribution in [1.82, 2.24) is 0 Å². The molecule has 104 valence electrons. The zero-order valence-electron chi connectivity index (χ0n) is 11.3. The molecule has 0 aromatic carbocycles. The third-order valence-electron chi connectivity index (χ3n) is 4.51. The first-order chi connectivity index (χ1) is 8.35. The second-order valence-corrected chi connectivity index (χ2v) is 5.76. The average molecular weight is 258 g/mol. The Morgan fingerprint density at radius 1 is 1.17 bits per heavy atom. The van der Waals surface area contributed by atoms with Crippen molar-refractivity contribution in [2.24, 2.45) is 5.41 Å². The summed E-state index contributed by atoms with van der Waals surface area (Å²) < 4.78 is 16.0. The molecule has 0 aromatic rings. The highest BCUT2D eigenvalue weighted by molar-refractivity contribution is 5.77. The first kappa shape index (κ1) is 13.8. The third-order valence-corrected chi connectivity index (χ3v) is 4.51. The van der Waals surface area contributed by atoms with Gasteiger partial charge in [-0.25, -0.2) is 0 Å². The van der Waals surface area contributed by atoms with E-state index in [0.29, 0.717) is 38.9 Å². The lowest BCUT2D eigenvalue weighted by Crippen LogP contribution is -2.55. The van der Waals surface area contributed by atoms with Crippen molar-refractivity contribution >= 4 is 5.97 Å². The Morgan fingerprint density at radius 2 is 1.67 bits per heavy atom. The van der Waals surface area contributed by atoms with Gasteiger partial charge in [-0.15, -0.1) is 0 Å². The van der Waals surface area contributed by atoms with Crippen LogP contribution in [0.3, 0.4) is 0 Å². The monoisotopic (exact) mass is 258 g/mol. The van der Waals surface area contributed by atoms with Crippen LogP contribution >= 0.6 is 0 Å². The molecule has 1 spiro atoms. The van der Waals surface area contributed by atoms with Crippen LogP contribution in [0.15, 0.2) is 0 Å². The van der Waals surface area contributed by atoms with E-state index in [1.54, 1.807) is 13.8 Å². The topological polar surface area (TPSA) is 65.0 Å². The van der Waals surface area contributed by atoms with Crippen molar-refractivity contribution in [2.75, 3.05) is 20.3 Å². The SMILES string of the molecule is COC(=O)C(C)(C)C1(O)CCC2(CC1)OCCO2. The number of carbonyl (C=O) groups is 1. The molecule has 1 heterocycles. The lowest BCUT2D eigenvalue weighted by Gasteiger charge is -2.47. The van der Waals surface area contributed by atoms with Crippen molar-refractivity contribution < 1.29 is 24.1 Å². The van der Waals surface area contributed by atoms with Gasteiger partial charge in [-0.1, -0.05) is 0 Å². The van der Waals surface area contributed by atoms with E-state index in [4.69, 9.17) is 14.2 Å². The molecule has 0 bridgehead atoms. The predicted molar refractivity (Wildman–Crippen MR) is 63.8 cm³/mol. The summed E-state index contributed by atoms with van der Waals surface area (Å²) in [6.07, 6.45) is 2.19. The first-order valence-electron chi connectivity index (χ1n) is 6.44. The normalized spacial score (nSPS) is 26.2. The van der Waals surface area contributed by atoms with Gasteiger partial charge >= 0.3 is 5.97 Å². The van der Waals surface area contributed by atoms with Crippen molar-refractivity contribution in [1.29, 1.82) is 0 Å². The number of esters is 1. The van der Waals surface area contributed by atoms with Gasteiger partial charge in [-0.2, -0.15) is 0 Å². The van der Waals surface area contributed by atoms with E-state index in [9.17, 15) is 9.90 Å². The summed E-state index contributed by atoms with van der Waals surface area (Å²) in [5, 5.41) is 10.7. The van der Waals surface area contributed by atoms with E-state index in [1.807, 2.05) is 0 Å². The number of aliphatic hydroxyl groups is 1. The lowest BCUT2D eigenvalue weighted by atomic mass is 9.66. The van der Waals surface area contributed by atoms with Gasteiger partial charge in [0.1, 0.15) is 0 Å². The third kappa shape index (κ3) is 2.04. The number of carbonyl (C=O) groups excluding carboxylic acids is 1. The molecule has 0 radical (unpaired) electrons. The molecule has 1 aliphatic carbocycles. The zero-order chi connectivity index (χ0) is 13.4. The van der Waals surface area contributed by atoms with Crippen LogP contribution in [0.5, 0.6) is 0 Å². The van der Waals surface area contributed by atoms with Crippen LogP contribution < -0.4 is 0 Å². The molecule has 2 fully saturated rings. The highest BCUT2D eigenvalue weighted by atomic mass is 16.7. The van der Waals surface area contributed by atoms with Gasteiger partial charge in [0.2, 0.25) is 0 Å². The fraction of sp³-hybridized carbons (Fsp3) is 0.923. The highest BCUT2D eigenvalue weighted by Crippen LogP contribution is 2.48. The Labute approximate surface area is 107 Å². The molecule has 2 aliphatic rings. The van der Waals surface area contributed by atoms with E-state index >= 15 is 0 Å². The van der Waals surface area contributed by atoms with Crippen molar-refractivity contribution in [2.45, 2.75) is 50.9 Å².